The Morgan fingerprint density at radius 3 is 2.35 bits per heavy atom. The van der Waals surface area contributed by atoms with Crippen molar-refractivity contribution < 1.29 is 13.2 Å². The third-order valence-electron chi connectivity index (χ3n) is 2.50. The van der Waals surface area contributed by atoms with Crippen LogP contribution in [0.5, 0.6) is 0 Å². The van der Waals surface area contributed by atoms with Gasteiger partial charge >= 0.3 is 0 Å². The summed E-state index contributed by atoms with van der Waals surface area (Å²) < 4.78 is 42.1. The molecule has 3 rings (SSSR count). The molecule has 0 unspecified atom stereocenters. The summed E-state index contributed by atoms with van der Waals surface area (Å²) in [6.45, 7) is 0. The maximum absolute atomic E-state index is 13.5. The SMILES string of the molecule is Fc1cc(F)c(-n2cc3ccsc3c2)c(F)c1. The van der Waals surface area contributed by atoms with Gasteiger partial charge in [-0.05, 0) is 11.4 Å². The van der Waals surface area contributed by atoms with Crippen molar-refractivity contribution in [2.75, 3.05) is 0 Å². The summed E-state index contributed by atoms with van der Waals surface area (Å²) >= 11 is 1.48. The van der Waals surface area contributed by atoms with Crippen LogP contribution >= 0.6 is 11.3 Å². The highest BCUT2D eigenvalue weighted by Gasteiger charge is 2.14. The number of nitrogens with zero attached hydrogens (tertiary/aromatic N) is 1. The van der Waals surface area contributed by atoms with Crippen LogP contribution < -0.4 is 0 Å². The summed E-state index contributed by atoms with van der Waals surface area (Å²) in [5.74, 6) is -2.74. The number of aromatic nitrogens is 1. The smallest absolute Gasteiger partial charge is 0.153 e. The average molecular weight is 253 g/mol. The molecule has 17 heavy (non-hydrogen) atoms. The van der Waals surface area contributed by atoms with Gasteiger partial charge in [-0.15, -0.1) is 11.3 Å². The quantitative estimate of drug-likeness (QED) is 0.615. The van der Waals surface area contributed by atoms with Crippen LogP contribution in [0.25, 0.3) is 15.8 Å². The molecule has 0 aliphatic heterocycles. The lowest BCUT2D eigenvalue weighted by atomic mass is 10.3. The van der Waals surface area contributed by atoms with E-state index in [1.54, 1.807) is 12.4 Å². The number of benzene rings is 1. The number of halogens is 3. The fraction of sp³-hybridized carbons (Fsp3) is 0. The molecular formula is C12H6F3NS. The van der Waals surface area contributed by atoms with Gasteiger partial charge in [0.1, 0.15) is 11.5 Å². The van der Waals surface area contributed by atoms with Gasteiger partial charge in [-0.2, -0.15) is 0 Å². The predicted octanol–water partition coefficient (Wildman–Crippen LogP) is 4.11. The van der Waals surface area contributed by atoms with E-state index in [0.29, 0.717) is 12.1 Å². The van der Waals surface area contributed by atoms with Gasteiger partial charge in [0.25, 0.3) is 0 Å². The average Bonchev–Trinajstić information content (AvgIpc) is 2.75. The molecule has 0 fully saturated rings. The zero-order valence-corrected chi connectivity index (χ0v) is 9.27. The number of rotatable bonds is 1. The Labute approximate surface area is 98.7 Å². The van der Waals surface area contributed by atoms with E-state index in [0.717, 1.165) is 10.1 Å². The van der Waals surface area contributed by atoms with Gasteiger partial charge in [0.15, 0.2) is 11.6 Å². The molecule has 0 bridgehead atoms. The van der Waals surface area contributed by atoms with Crippen molar-refractivity contribution in [3.05, 3.63) is 53.4 Å². The van der Waals surface area contributed by atoms with Gasteiger partial charge in [0.2, 0.25) is 0 Å². The second kappa shape index (κ2) is 3.63. The Kier molecular flexibility index (Phi) is 2.22. The highest BCUT2D eigenvalue weighted by atomic mass is 32.1. The Balaban J connectivity index is 2.25. The Morgan fingerprint density at radius 1 is 1.00 bits per heavy atom. The van der Waals surface area contributed by atoms with Crippen LogP contribution in [-0.4, -0.2) is 4.57 Å². The minimum absolute atomic E-state index is 0.255. The van der Waals surface area contributed by atoms with Crippen LogP contribution in [0.15, 0.2) is 36.0 Å². The van der Waals surface area contributed by atoms with Crippen molar-refractivity contribution >= 4 is 21.4 Å². The fourth-order valence-corrected chi connectivity index (χ4v) is 2.56. The molecule has 0 radical (unpaired) electrons. The lowest BCUT2D eigenvalue weighted by Gasteiger charge is -2.05. The van der Waals surface area contributed by atoms with Crippen molar-refractivity contribution in [2.45, 2.75) is 0 Å². The molecule has 0 aliphatic rings. The highest BCUT2D eigenvalue weighted by Crippen LogP contribution is 2.26. The maximum atomic E-state index is 13.5. The summed E-state index contributed by atoms with van der Waals surface area (Å²) in [5.41, 5.74) is -0.255. The third kappa shape index (κ3) is 1.63. The van der Waals surface area contributed by atoms with Crippen LogP contribution in [0.4, 0.5) is 13.2 Å². The fourth-order valence-electron chi connectivity index (χ4n) is 1.77. The monoisotopic (exact) mass is 253 g/mol. The summed E-state index contributed by atoms with van der Waals surface area (Å²) in [6.07, 6.45) is 3.24. The van der Waals surface area contributed by atoms with Crippen LogP contribution in [0.3, 0.4) is 0 Å². The number of hydrogen-bond acceptors (Lipinski definition) is 1. The summed E-state index contributed by atoms with van der Waals surface area (Å²) in [4.78, 5) is 0. The Hall–Kier alpha value is -1.75. The van der Waals surface area contributed by atoms with E-state index in [1.807, 2.05) is 11.4 Å². The van der Waals surface area contributed by atoms with Crippen molar-refractivity contribution in [3.63, 3.8) is 0 Å². The van der Waals surface area contributed by atoms with E-state index in [2.05, 4.69) is 0 Å². The molecule has 2 aromatic heterocycles. The molecule has 5 heteroatoms. The van der Waals surface area contributed by atoms with E-state index < -0.39 is 17.5 Å². The second-order valence-corrected chi connectivity index (χ2v) is 4.57. The molecule has 0 N–H and O–H groups in total. The third-order valence-corrected chi connectivity index (χ3v) is 3.37. The zero-order chi connectivity index (χ0) is 12.0. The molecule has 86 valence electrons. The first-order chi connectivity index (χ1) is 8.15. The largest absolute Gasteiger partial charge is 0.317 e. The Bertz CT molecular complexity index is 647. The molecule has 0 amide bonds. The van der Waals surface area contributed by atoms with Crippen molar-refractivity contribution in [1.82, 2.24) is 4.57 Å². The first-order valence-corrected chi connectivity index (χ1v) is 5.73. The number of hydrogen-bond donors (Lipinski definition) is 0. The van der Waals surface area contributed by atoms with E-state index >= 15 is 0 Å². The van der Waals surface area contributed by atoms with E-state index in [9.17, 15) is 13.2 Å². The standard InChI is InChI=1S/C12H6F3NS/c13-8-3-9(14)12(10(15)4-8)16-5-7-1-2-17-11(7)6-16/h1-6H. The van der Waals surface area contributed by atoms with E-state index in [-0.39, 0.29) is 5.69 Å². The molecule has 0 saturated heterocycles. The highest BCUT2D eigenvalue weighted by molar-refractivity contribution is 7.17. The molecule has 0 aliphatic carbocycles. The van der Waals surface area contributed by atoms with Crippen molar-refractivity contribution in [1.29, 1.82) is 0 Å². The van der Waals surface area contributed by atoms with E-state index in [4.69, 9.17) is 0 Å². The predicted molar refractivity (Wildman–Crippen MR) is 61.0 cm³/mol. The minimum atomic E-state index is -0.919. The molecule has 3 aromatic rings. The van der Waals surface area contributed by atoms with Gasteiger partial charge in [-0.1, -0.05) is 0 Å². The first-order valence-electron chi connectivity index (χ1n) is 4.85. The zero-order valence-electron chi connectivity index (χ0n) is 8.45. The summed E-state index contributed by atoms with van der Waals surface area (Å²) in [6, 6.07) is 3.20. The number of fused-ring (bicyclic) bond motifs is 1. The van der Waals surface area contributed by atoms with Crippen LogP contribution in [0.2, 0.25) is 0 Å². The number of thiophene rings is 1. The van der Waals surface area contributed by atoms with E-state index in [1.165, 1.54) is 15.9 Å². The van der Waals surface area contributed by atoms with Crippen molar-refractivity contribution in [3.8, 4) is 5.69 Å². The normalized spacial score (nSPS) is 11.2. The molecular weight excluding hydrogens is 247 g/mol. The topological polar surface area (TPSA) is 4.93 Å². The van der Waals surface area contributed by atoms with Gasteiger partial charge in [0.05, 0.1) is 4.70 Å². The Morgan fingerprint density at radius 2 is 1.71 bits per heavy atom. The molecule has 0 spiro atoms. The molecule has 0 atom stereocenters. The minimum Gasteiger partial charge on any atom is -0.317 e. The van der Waals surface area contributed by atoms with Gasteiger partial charge in [0, 0.05) is 29.9 Å². The van der Waals surface area contributed by atoms with Gasteiger partial charge in [-0.3, -0.25) is 0 Å². The molecule has 1 nitrogen and oxygen atoms in total. The second-order valence-electron chi connectivity index (χ2n) is 3.62. The lowest BCUT2D eigenvalue weighted by Crippen LogP contribution is -1.99. The maximum Gasteiger partial charge on any atom is 0.153 e. The van der Waals surface area contributed by atoms with Crippen molar-refractivity contribution in [2.24, 2.45) is 0 Å². The first kappa shape index (κ1) is 10.4. The molecule has 1 aromatic carbocycles. The van der Waals surface area contributed by atoms with Gasteiger partial charge < -0.3 is 4.57 Å². The molecule has 2 heterocycles. The lowest BCUT2D eigenvalue weighted by molar-refractivity contribution is 0.534. The van der Waals surface area contributed by atoms with Crippen LogP contribution in [0.1, 0.15) is 0 Å². The van der Waals surface area contributed by atoms with Crippen LogP contribution in [-0.2, 0) is 0 Å². The molecule has 0 saturated carbocycles. The summed E-state index contributed by atoms with van der Waals surface area (Å²) in [5, 5.41) is 2.80. The summed E-state index contributed by atoms with van der Waals surface area (Å²) in [7, 11) is 0. The van der Waals surface area contributed by atoms with Crippen LogP contribution in [0, 0.1) is 17.5 Å². The van der Waals surface area contributed by atoms with Gasteiger partial charge in [-0.25, -0.2) is 13.2 Å².